The Balaban J connectivity index is 2.82. The highest BCUT2D eigenvalue weighted by Gasteiger charge is 2.13. The monoisotopic (exact) mass is 305 g/mol. The summed E-state index contributed by atoms with van der Waals surface area (Å²) in [6, 6.07) is 5.06. The minimum atomic E-state index is -3.02. The molecule has 0 spiro atoms. The van der Waals surface area contributed by atoms with Crippen LogP contribution in [0, 0.1) is 0 Å². The molecule has 6 heteroatoms. The average molecular weight is 306 g/mol. The van der Waals surface area contributed by atoms with Gasteiger partial charge in [-0.25, -0.2) is 8.42 Å². The van der Waals surface area contributed by atoms with Crippen molar-refractivity contribution in [3.8, 4) is 5.75 Å². The third kappa shape index (κ3) is 6.16. The van der Waals surface area contributed by atoms with E-state index in [1.165, 1.54) is 6.26 Å². The van der Waals surface area contributed by atoms with E-state index in [9.17, 15) is 8.42 Å². The zero-order valence-corrected chi connectivity index (χ0v) is 13.0. The first-order valence-electron chi connectivity index (χ1n) is 6.18. The number of nitrogens with one attached hydrogen (secondary N) is 1. The minimum absolute atomic E-state index is 0.0622. The second kappa shape index (κ2) is 7.01. The van der Waals surface area contributed by atoms with Gasteiger partial charge in [-0.15, -0.1) is 0 Å². The van der Waals surface area contributed by atoms with E-state index < -0.39 is 9.84 Å². The number of rotatable bonds is 7. The molecule has 1 aromatic rings. The molecule has 0 aliphatic rings. The Morgan fingerprint density at radius 2 is 2.11 bits per heavy atom. The quantitative estimate of drug-likeness (QED) is 0.841. The standard InChI is InChI=1S/C13H20ClNO3S/c1-4-7-18-13-6-5-11(14)8-12(13)15-10(2)9-19(3,16)17/h5-6,8,10,15H,4,7,9H2,1-3H3. The smallest absolute Gasteiger partial charge is 0.149 e. The Hall–Kier alpha value is -0.940. The molecule has 1 atom stereocenters. The second-order valence-corrected chi connectivity index (χ2v) is 7.25. The maximum Gasteiger partial charge on any atom is 0.149 e. The van der Waals surface area contributed by atoms with Gasteiger partial charge in [-0.05, 0) is 31.5 Å². The lowest BCUT2D eigenvalue weighted by Gasteiger charge is -2.18. The van der Waals surface area contributed by atoms with Crippen molar-refractivity contribution in [1.29, 1.82) is 0 Å². The number of ether oxygens (including phenoxy) is 1. The van der Waals surface area contributed by atoms with Gasteiger partial charge in [0.25, 0.3) is 0 Å². The Morgan fingerprint density at radius 3 is 2.68 bits per heavy atom. The predicted molar refractivity (Wildman–Crippen MR) is 80.0 cm³/mol. The third-order valence-electron chi connectivity index (χ3n) is 2.36. The van der Waals surface area contributed by atoms with E-state index in [4.69, 9.17) is 16.3 Å². The van der Waals surface area contributed by atoms with Gasteiger partial charge in [0.05, 0.1) is 18.0 Å². The molecule has 0 amide bonds. The number of halogens is 1. The molecule has 19 heavy (non-hydrogen) atoms. The van der Waals surface area contributed by atoms with Gasteiger partial charge in [-0.1, -0.05) is 18.5 Å². The van der Waals surface area contributed by atoms with Crippen LogP contribution in [-0.4, -0.2) is 33.1 Å². The molecule has 0 bridgehead atoms. The molecule has 1 aromatic carbocycles. The number of hydrogen-bond acceptors (Lipinski definition) is 4. The van der Waals surface area contributed by atoms with E-state index in [2.05, 4.69) is 5.32 Å². The molecule has 0 saturated heterocycles. The van der Waals surface area contributed by atoms with Gasteiger partial charge >= 0.3 is 0 Å². The highest BCUT2D eigenvalue weighted by Crippen LogP contribution is 2.28. The molecule has 1 unspecified atom stereocenters. The molecule has 0 aliphatic carbocycles. The number of benzene rings is 1. The summed E-state index contributed by atoms with van der Waals surface area (Å²) in [6.07, 6.45) is 2.12. The lowest BCUT2D eigenvalue weighted by molar-refractivity contribution is 0.318. The van der Waals surface area contributed by atoms with Gasteiger partial charge in [0, 0.05) is 17.3 Å². The van der Waals surface area contributed by atoms with Crippen molar-refractivity contribution in [3.63, 3.8) is 0 Å². The topological polar surface area (TPSA) is 55.4 Å². The maximum atomic E-state index is 11.3. The Bertz CT molecular complexity index is 517. The van der Waals surface area contributed by atoms with Gasteiger partial charge < -0.3 is 10.1 Å². The number of anilines is 1. The summed E-state index contributed by atoms with van der Waals surface area (Å²) < 4.78 is 28.1. The van der Waals surface area contributed by atoms with Crippen LogP contribution in [0.1, 0.15) is 20.3 Å². The van der Waals surface area contributed by atoms with Gasteiger partial charge in [0.15, 0.2) is 0 Å². The SMILES string of the molecule is CCCOc1ccc(Cl)cc1NC(C)CS(C)(=O)=O. The van der Waals surface area contributed by atoms with E-state index >= 15 is 0 Å². The fourth-order valence-electron chi connectivity index (χ4n) is 1.71. The van der Waals surface area contributed by atoms with Crippen molar-refractivity contribution in [2.24, 2.45) is 0 Å². The highest BCUT2D eigenvalue weighted by atomic mass is 35.5. The largest absolute Gasteiger partial charge is 0.491 e. The van der Waals surface area contributed by atoms with Crippen molar-refractivity contribution in [2.75, 3.05) is 23.9 Å². The average Bonchev–Trinajstić information content (AvgIpc) is 2.25. The first-order valence-corrected chi connectivity index (χ1v) is 8.62. The molecular weight excluding hydrogens is 286 g/mol. The molecule has 0 radical (unpaired) electrons. The van der Waals surface area contributed by atoms with Crippen LogP contribution in [-0.2, 0) is 9.84 Å². The van der Waals surface area contributed by atoms with Crippen LogP contribution in [0.3, 0.4) is 0 Å². The van der Waals surface area contributed by atoms with Crippen LogP contribution in [0.15, 0.2) is 18.2 Å². The fraction of sp³-hybridized carbons (Fsp3) is 0.538. The van der Waals surface area contributed by atoms with Crippen molar-refractivity contribution >= 4 is 27.1 Å². The van der Waals surface area contributed by atoms with Crippen molar-refractivity contribution < 1.29 is 13.2 Å². The molecular formula is C13H20ClNO3S. The second-order valence-electron chi connectivity index (χ2n) is 4.63. The van der Waals surface area contributed by atoms with Crippen molar-refractivity contribution in [1.82, 2.24) is 0 Å². The van der Waals surface area contributed by atoms with Crippen LogP contribution in [0.4, 0.5) is 5.69 Å². The fourth-order valence-corrected chi connectivity index (χ4v) is 2.88. The predicted octanol–water partition coefficient (Wildman–Crippen LogP) is 2.97. The summed E-state index contributed by atoms with van der Waals surface area (Å²) >= 11 is 5.95. The van der Waals surface area contributed by atoms with E-state index in [0.717, 1.165) is 12.1 Å². The molecule has 4 nitrogen and oxygen atoms in total. The first-order chi connectivity index (χ1) is 8.81. The number of sulfone groups is 1. The third-order valence-corrected chi connectivity index (χ3v) is 3.70. The summed E-state index contributed by atoms with van der Waals surface area (Å²) in [5.41, 5.74) is 0.720. The van der Waals surface area contributed by atoms with Gasteiger partial charge in [0.1, 0.15) is 15.6 Å². The van der Waals surface area contributed by atoms with Crippen LogP contribution >= 0.6 is 11.6 Å². The Labute approximate surface area is 120 Å². The Kier molecular flexibility index (Phi) is 5.94. The van der Waals surface area contributed by atoms with E-state index in [0.29, 0.717) is 17.4 Å². The molecule has 108 valence electrons. The van der Waals surface area contributed by atoms with Crippen molar-refractivity contribution in [3.05, 3.63) is 23.2 Å². The molecule has 0 fully saturated rings. The molecule has 0 aromatic heterocycles. The molecule has 1 N–H and O–H groups in total. The zero-order valence-electron chi connectivity index (χ0n) is 11.4. The summed E-state index contributed by atoms with van der Waals surface area (Å²) in [5, 5.41) is 3.71. The lowest BCUT2D eigenvalue weighted by Crippen LogP contribution is -2.25. The zero-order chi connectivity index (χ0) is 14.5. The van der Waals surface area contributed by atoms with Crippen LogP contribution in [0.25, 0.3) is 0 Å². The van der Waals surface area contributed by atoms with Crippen LogP contribution in [0.5, 0.6) is 5.75 Å². The molecule has 0 heterocycles. The van der Waals surface area contributed by atoms with Crippen LogP contribution in [0.2, 0.25) is 5.02 Å². The molecule has 0 saturated carbocycles. The lowest BCUT2D eigenvalue weighted by atomic mass is 10.2. The van der Waals surface area contributed by atoms with Gasteiger partial charge in [-0.3, -0.25) is 0 Å². The Morgan fingerprint density at radius 1 is 1.42 bits per heavy atom. The summed E-state index contributed by atoms with van der Waals surface area (Å²) in [5.74, 6) is 0.749. The highest BCUT2D eigenvalue weighted by molar-refractivity contribution is 7.90. The molecule has 0 aliphatic heterocycles. The van der Waals surface area contributed by atoms with Crippen LogP contribution < -0.4 is 10.1 Å². The first kappa shape index (κ1) is 16.1. The van der Waals surface area contributed by atoms with Gasteiger partial charge in [-0.2, -0.15) is 0 Å². The van der Waals surface area contributed by atoms with E-state index in [1.807, 2.05) is 13.8 Å². The number of hydrogen-bond donors (Lipinski definition) is 1. The summed E-state index contributed by atoms with van der Waals surface area (Å²) in [6.45, 7) is 4.44. The summed E-state index contributed by atoms with van der Waals surface area (Å²) in [7, 11) is -3.02. The normalized spacial score (nSPS) is 13.1. The molecule has 1 rings (SSSR count). The van der Waals surface area contributed by atoms with Gasteiger partial charge in [0.2, 0.25) is 0 Å². The van der Waals surface area contributed by atoms with Crippen molar-refractivity contribution in [2.45, 2.75) is 26.3 Å². The maximum absolute atomic E-state index is 11.3. The van der Waals surface area contributed by atoms with E-state index in [-0.39, 0.29) is 11.8 Å². The minimum Gasteiger partial charge on any atom is -0.491 e. The van der Waals surface area contributed by atoms with E-state index in [1.54, 1.807) is 18.2 Å². The summed E-state index contributed by atoms with van der Waals surface area (Å²) in [4.78, 5) is 0.